The SMILES string of the molecule is COC(=O)C1=C(C)NC(C)=C(C(=O)OC)C1C(=O)OCc1noc(-c2cccs2)n1. The normalized spacial score (nSPS) is 14.4. The van der Waals surface area contributed by atoms with E-state index in [1.54, 1.807) is 13.8 Å². The molecular formula is C19H19N3O7S. The first-order valence-electron chi connectivity index (χ1n) is 8.75. The van der Waals surface area contributed by atoms with E-state index in [0.29, 0.717) is 17.3 Å². The van der Waals surface area contributed by atoms with E-state index in [4.69, 9.17) is 18.7 Å². The lowest BCUT2D eigenvalue weighted by atomic mass is 9.85. The Hall–Kier alpha value is -3.47. The van der Waals surface area contributed by atoms with Crippen molar-refractivity contribution in [2.75, 3.05) is 14.2 Å². The number of esters is 3. The van der Waals surface area contributed by atoms with E-state index in [2.05, 4.69) is 15.5 Å². The molecule has 0 fully saturated rings. The lowest BCUT2D eigenvalue weighted by molar-refractivity contribution is -0.152. The van der Waals surface area contributed by atoms with Crippen LogP contribution in [-0.2, 0) is 35.2 Å². The monoisotopic (exact) mass is 433 g/mol. The van der Waals surface area contributed by atoms with Crippen LogP contribution in [-0.4, -0.2) is 42.3 Å². The number of methoxy groups -OCH3 is 2. The van der Waals surface area contributed by atoms with Crippen LogP contribution in [0.1, 0.15) is 19.7 Å². The van der Waals surface area contributed by atoms with Crippen molar-refractivity contribution in [3.8, 4) is 10.8 Å². The van der Waals surface area contributed by atoms with E-state index >= 15 is 0 Å². The summed E-state index contributed by atoms with van der Waals surface area (Å²) in [5.74, 6) is -3.27. The van der Waals surface area contributed by atoms with Crippen LogP contribution in [0.5, 0.6) is 0 Å². The van der Waals surface area contributed by atoms with Crippen LogP contribution >= 0.6 is 11.3 Å². The van der Waals surface area contributed by atoms with Gasteiger partial charge in [0.05, 0.1) is 30.2 Å². The first-order chi connectivity index (χ1) is 14.4. The third-order valence-corrected chi connectivity index (χ3v) is 5.21. The number of carbonyl (C=O) groups excluding carboxylic acids is 3. The molecule has 0 aliphatic carbocycles. The number of ether oxygens (including phenoxy) is 3. The molecule has 1 N–H and O–H groups in total. The Kier molecular flexibility index (Phi) is 6.31. The van der Waals surface area contributed by atoms with Gasteiger partial charge in [0.25, 0.3) is 5.89 Å². The molecular weight excluding hydrogens is 414 g/mol. The molecule has 30 heavy (non-hydrogen) atoms. The Labute approximate surface area is 175 Å². The van der Waals surface area contributed by atoms with Gasteiger partial charge in [-0.2, -0.15) is 4.98 Å². The van der Waals surface area contributed by atoms with Gasteiger partial charge in [-0.05, 0) is 25.3 Å². The smallest absolute Gasteiger partial charge is 0.336 e. The van der Waals surface area contributed by atoms with Crippen LogP contribution < -0.4 is 5.32 Å². The highest BCUT2D eigenvalue weighted by Crippen LogP contribution is 2.32. The van der Waals surface area contributed by atoms with Crippen LogP contribution in [0, 0.1) is 5.92 Å². The number of nitrogens with one attached hydrogen (secondary N) is 1. The van der Waals surface area contributed by atoms with Crippen molar-refractivity contribution in [2.45, 2.75) is 20.5 Å². The largest absolute Gasteiger partial charge is 0.466 e. The van der Waals surface area contributed by atoms with Gasteiger partial charge in [0.1, 0.15) is 5.92 Å². The average Bonchev–Trinajstić information content (AvgIpc) is 3.42. The molecule has 0 atom stereocenters. The fourth-order valence-corrected chi connectivity index (χ4v) is 3.67. The summed E-state index contributed by atoms with van der Waals surface area (Å²) in [5, 5.41) is 8.55. The summed E-state index contributed by atoms with van der Waals surface area (Å²) in [7, 11) is 2.36. The number of aromatic nitrogens is 2. The van der Waals surface area contributed by atoms with Gasteiger partial charge in [0, 0.05) is 11.4 Å². The summed E-state index contributed by atoms with van der Waals surface area (Å²) >= 11 is 1.42. The molecule has 0 saturated carbocycles. The maximum Gasteiger partial charge on any atom is 0.336 e. The summed E-state index contributed by atoms with van der Waals surface area (Å²) in [6, 6.07) is 3.66. The van der Waals surface area contributed by atoms with Crippen LogP contribution in [0.25, 0.3) is 10.8 Å². The third-order valence-electron chi connectivity index (χ3n) is 4.35. The molecule has 158 valence electrons. The molecule has 3 rings (SSSR count). The van der Waals surface area contributed by atoms with Gasteiger partial charge < -0.3 is 24.1 Å². The first-order valence-corrected chi connectivity index (χ1v) is 9.63. The predicted octanol–water partition coefficient (Wildman–Crippen LogP) is 1.95. The van der Waals surface area contributed by atoms with E-state index in [1.807, 2.05) is 17.5 Å². The molecule has 1 aliphatic heterocycles. The highest BCUT2D eigenvalue weighted by Gasteiger charge is 2.42. The van der Waals surface area contributed by atoms with Crippen LogP contribution in [0.15, 0.2) is 44.6 Å². The van der Waals surface area contributed by atoms with Gasteiger partial charge in [0.15, 0.2) is 6.61 Å². The van der Waals surface area contributed by atoms with Crippen molar-refractivity contribution in [3.63, 3.8) is 0 Å². The molecule has 0 unspecified atom stereocenters. The summed E-state index contributed by atoms with van der Waals surface area (Å²) in [6.45, 7) is 2.88. The van der Waals surface area contributed by atoms with Crippen molar-refractivity contribution < 1.29 is 33.1 Å². The molecule has 0 amide bonds. The van der Waals surface area contributed by atoms with E-state index in [1.165, 1.54) is 25.6 Å². The lowest BCUT2D eigenvalue weighted by Crippen LogP contribution is -2.37. The number of dihydropyridines is 1. The minimum atomic E-state index is -1.32. The van der Waals surface area contributed by atoms with Gasteiger partial charge in [0.2, 0.25) is 5.82 Å². The van der Waals surface area contributed by atoms with Crippen molar-refractivity contribution >= 4 is 29.2 Å². The van der Waals surface area contributed by atoms with Crippen molar-refractivity contribution in [1.82, 2.24) is 15.5 Å². The standard InChI is InChI=1S/C19H19N3O7S/c1-9-13(17(23)26-3)15(14(10(2)20-9)18(24)27-4)19(25)28-8-12-21-16(29-22-12)11-6-5-7-30-11/h5-7,15,20H,8H2,1-4H3. The maximum absolute atomic E-state index is 12.9. The fraction of sp³-hybridized carbons (Fsp3) is 0.316. The predicted molar refractivity (Wildman–Crippen MR) is 103 cm³/mol. The van der Waals surface area contributed by atoms with Crippen molar-refractivity contribution in [2.24, 2.45) is 5.92 Å². The topological polar surface area (TPSA) is 130 Å². The molecule has 1 aliphatic rings. The average molecular weight is 433 g/mol. The molecule has 0 aromatic carbocycles. The Morgan fingerprint density at radius 1 is 1.13 bits per heavy atom. The third kappa shape index (κ3) is 4.10. The molecule has 0 saturated heterocycles. The number of hydrogen-bond donors (Lipinski definition) is 1. The quantitative estimate of drug-likeness (QED) is 0.533. The Morgan fingerprint density at radius 2 is 1.77 bits per heavy atom. The van der Waals surface area contributed by atoms with Gasteiger partial charge in [-0.1, -0.05) is 11.2 Å². The van der Waals surface area contributed by atoms with Gasteiger partial charge in [-0.15, -0.1) is 11.3 Å². The number of rotatable bonds is 6. The van der Waals surface area contributed by atoms with Gasteiger partial charge >= 0.3 is 17.9 Å². The zero-order valence-corrected chi connectivity index (χ0v) is 17.5. The minimum Gasteiger partial charge on any atom is -0.466 e. The molecule has 11 heteroatoms. The highest BCUT2D eigenvalue weighted by atomic mass is 32.1. The minimum absolute atomic E-state index is 0.0408. The van der Waals surface area contributed by atoms with Gasteiger partial charge in [-0.3, -0.25) is 4.79 Å². The molecule has 2 aromatic heterocycles. The number of thiophene rings is 1. The summed E-state index contributed by atoms with van der Waals surface area (Å²) in [4.78, 5) is 42.5. The first kappa shape index (κ1) is 21.2. The van der Waals surface area contributed by atoms with E-state index < -0.39 is 23.8 Å². The van der Waals surface area contributed by atoms with Crippen LogP contribution in [0.2, 0.25) is 0 Å². The van der Waals surface area contributed by atoms with Crippen molar-refractivity contribution in [1.29, 1.82) is 0 Å². The lowest BCUT2D eigenvalue weighted by Gasteiger charge is -2.28. The Balaban J connectivity index is 1.85. The molecule has 10 nitrogen and oxygen atoms in total. The molecule has 2 aromatic rings. The van der Waals surface area contributed by atoms with Crippen LogP contribution in [0.3, 0.4) is 0 Å². The van der Waals surface area contributed by atoms with Gasteiger partial charge in [-0.25, -0.2) is 9.59 Å². The maximum atomic E-state index is 12.9. The molecule has 3 heterocycles. The zero-order valence-electron chi connectivity index (χ0n) is 16.7. The number of allylic oxidation sites excluding steroid dienone is 2. The van der Waals surface area contributed by atoms with E-state index in [-0.39, 0.29) is 23.6 Å². The van der Waals surface area contributed by atoms with Crippen LogP contribution in [0.4, 0.5) is 0 Å². The number of hydrogen-bond acceptors (Lipinski definition) is 11. The number of carbonyl (C=O) groups is 3. The second-order valence-corrected chi connectivity index (χ2v) is 7.17. The zero-order chi connectivity index (χ0) is 21.8. The Morgan fingerprint density at radius 3 is 2.30 bits per heavy atom. The second-order valence-electron chi connectivity index (χ2n) is 6.22. The van der Waals surface area contributed by atoms with Crippen molar-refractivity contribution in [3.05, 3.63) is 45.9 Å². The summed E-state index contributed by atoms with van der Waals surface area (Å²) < 4.78 is 20.0. The molecule has 0 radical (unpaired) electrons. The molecule has 0 spiro atoms. The highest BCUT2D eigenvalue weighted by molar-refractivity contribution is 7.13. The summed E-state index contributed by atoms with van der Waals surface area (Å²) in [5.41, 5.74) is 0.656. The number of nitrogens with zero attached hydrogens (tertiary/aromatic N) is 2. The Bertz CT molecular complexity index is 998. The fourth-order valence-electron chi connectivity index (χ4n) is 3.02. The summed E-state index contributed by atoms with van der Waals surface area (Å²) in [6.07, 6.45) is 0. The molecule has 0 bridgehead atoms. The van der Waals surface area contributed by atoms with E-state index in [9.17, 15) is 14.4 Å². The second kappa shape index (κ2) is 8.91. The van der Waals surface area contributed by atoms with E-state index in [0.717, 1.165) is 4.88 Å².